The highest BCUT2D eigenvalue weighted by Crippen LogP contribution is 2.16. The van der Waals surface area contributed by atoms with Crippen molar-refractivity contribution in [2.45, 2.75) is 26.8 Å². The zero-order valence-electron chi connectivity index (χ0n) is 11.4. The lowest BCUT2D eigenvalue weighted by Crippen LogP contribution is -2.35. The Morgan fingerprint density at radius 2 is 2.06 bits per heavy atom. The SMILES string of the molecule is Cc1cnc(N[C@@H](C(=O)O)C(C)C)nc1N(C)C. The van der Waals surface area contributed by atoms with Crippen LogP contribution >= 0.6 is 0 Å². The van der Waals surface area contributed by atoms with E-state index in [0.717, 1.165) is 11.4 Å². The predicted octanol–water partition coefficient (Wildman–Crippen LogP) is 1.37. The van der Waals surface area contributed by atoms with Crippen molar-refractivity contribution >= 4 is 17.7 Å². The molecule has 18 heavy (non-hydrogen) atoms. The number of hydrogen-bond acceptors (Lipinski definition) is 5. The average Bonchev–Trinajstić information content (AvgIpc) is 2.26. The molecule has 0 fully saturated rings. The fraction of sp³-hybridized carbons (Fsp3) is 0.583. The van der Waals surface area contributed by atoms with Gasteiger partial charge in [-0.3, -0.25) is 0 Å². The Labute approximate surface area is 107 Å². The van der Waals surface area contributed by atoms with Gasteiger partial charge in [0.15, 0.2) is 0 Å². The molecule has 0 aliphatic carbocycles. The highest BCUT2D eigenvalue weighted by molar-refractivity contribution is 5.76. The van der Waals surface area contributed by atoms with E-state index in [1.54, 1.807) is 6.20 Å². The second-order valence-electron chi connectivity index (χ2n) is 4.80. The summed E-state index contributed by atoms with van der Waals surface area (Å²) < 4.78 is 0. The fourth-order valence-electron chi connectivity index (χ4n) is 1.61. The largest absolute Gasteiger partial charge is 0.480 e. The number of nitrogens with zero attached hydrogens (tertiary/aromatic N) is 3. The lowest BCUT2D eigenvalue weighted by Gasteiger charge is -2.20. The standard InChI is InChI=1S/C12H20N4O2/c1-7(2)9(11(17)18)14-12-13-6-8(3)10(15-12)16(4)5/h6-7,9H,1-5H3,(H,17,18)(H,13,14,15)/t9-/m1/s1. The molecule has 0 amide bonds. The van der Waals surface area contributed by atoms with Gasteiger partial charge in [-0.2, -0.15) is 4.98 Å². The number of rotatable bonds is 5. The molecule has 0 spiro atoms. The minimum absolute atomic E-state index is 0.0461. The molecule has 0 aliphatic heterocycles. The second-order valence-corrected chi connectivity index (χ2v) is 4.80. The summed E-state index contributed by atoms with van der Waals surface area (Å²) in [5.74, 6) is 0.168. The molecule has 2 N–H and O–H groups in total. The zero-order valence-corrected chi connectivity index (χ0v) is 11.4. The van der Waals surface area contributed by atoms with Crippen molar-refractivity contribution in [2.75, 3.05) is 24.3 Å². The molecule has 1 aromatic heterocycles. The number of carboxylic acids is 1. The summed E-state index contributed by atoms with van der Waals surface area (Å²) in [4.78, 5) is 21.4. The predicted molar refractivity (Wildman–Crippen MR) is 71.0 cm³/mol. The molecule has 0 saturated carbocycles. The van der Waals surface area contributed by atoms with E-state index in [2.05, 4.69) is 15.3 Å². The number of carbonyl (C=O) groups is 1. The van der Waals surface area contributed by atoms with Gasteiger partial charge in [0.1, 0.15) is 11.9 Å². The monoisotopic (exact) mass is 252 g/mol. The number of carboxylic acid groups (broad SMARTS) is 1. The van der Waals surface area contributed by atoms with Crippen LogP contribution in [0.4, 0.5) is 11.8 Å². The van der Waals surface area contributed by atoms with Crippen LogP contribution in [0.15, 0.2) is 6.20 Å². The molecule has 100 valence electrons. The smallest absolute Gasteiger partial charge is 0.326 e. The summed E-state index contributed by atoms with van der Waals surface area (Å²) in [6.07, 6.45) is 1.68. The van der Waals surface area contributed by atoms with Gasteiger partial charge in [-0.05, 0) is 12.8 Å². The third kappa shape index (κ3) is 3.32. The molecular weight excluding hydrogens is 232 g/mol. The second kappa shape index (κ2) is 5.66. The summed E-state index contributed by atoms with van der Waals surface area (Å²) in [5.41, 5.74) is 0.946. The highest BCUT2D eigenvalue weighted by atomic mass is 16.4. The first-order valence-corrected chi connectivity index (χ1v) is 5.83. The number of anilines is 2. The lowest BCUT2D eigenvalue weighted by atomic mass is 10.1. The molecule has 0 bridgehead atoms. The molecule has 0 radical (unpaired) electrons. The Kier molecular flexibility index (Phi) is 4.47. The lowest BCUT2D eigenvalue weighted by molar-refractivity contribution is -0.138. The van der Waals surface area contributed by atoms with E-state index in [1.807, 2.05) is 39.8 Å². The van der Waals surface area contributed by atoms with E-state index in [-0.39, 0.29) is 5.92 Å². The Bertz CT molecular complexity index is 432. The van der Waals surface area contributed by atoms with Crippen LogP contribution in [-0.2, 0) is 4.79 Å². The van der Waals surface area contributed by atoms with Crippen LogP contribution in [0.2, 0.25) is 0 Å². The minimum atomic E-state index is -0.902. The van der Waals surface area contributed by atoms with Crippen LogP contribution in [0, 0.1) is 12.8 Å². The number of aliphatic carboxylic acids is 1. The summed E-state index contributed by atoms with van der Waals surface area (Å²) in [5, 5.41) is 12.0. The minimum Gasteiger partial charge on any atom is -0.480 e. The Morgan fingerprint density at radius 1 is 1.44 bits per heavy atom. The van der Waals surface area contributed by atoms with Gasteiger partial charge >= 0.3 is 5.97 Å². The first-order valence-electron chi connectivity index (χ1n) is 5.83. The van der Waals surface area contributed by atoms with Crippen molar-refractivity contribution in [2.24, 2.45) is 5.92 Å². The van der Waals surface area contributed by atoms with E-state index < -0.39 is 12.0 Å². The summed E-state index contributed by atoms with van der Waals surface area (Å²) in [6.45, 7) is 5.59. The van der Waals surface area contributed by atoms with Gasteiger partial charge in [0, 0.05) is 25.9 Å². The highest BCUT2D eigenvalue weighted by Gasteiger charge is 2.22. The van der Waals surface area contributed by atoms with Crippen molar-refractivity contribution in [3.8, 4) is 0 Å². The van der Waals surface area contributed by atoms with Gasteiger partial charge in [-0.15, -0.1) is 0 Å². The van der Waals surface area contributed by atoms with Gasteiger partial charge in [-0.25, -0.2) is 9.78 Å². The summed E-state index contributed by atoms with van der Waals surface area (Å²) >= 11 is 0. The van der Waals surface area contributed by atoms with Crippen LogP contribution in [0.5, 0.6) is 0 Å². The molecule has 0 aliphatic rings. The topological polar surface area (TPSA) is 78.3 Å². The first kappa shape index (κ1) is 14.2. The molecule has 0 aromatic carbocycles. The maximum absolute atomic E-state index is 11.1. The van der Waals surface area contributed by atoms with Crippen molar-refractivity contribution in [3.63, 3.8) is 0 Å². The van der Waals surface area contributed by atoms with E-state index in [9.17, 15) is 4.79 Å². The normalized spacial score (nSPS) is 12.3. The molecule has 1 heterocycles. The molecule has 6 heteroatoms. The number of aromatic nitrogens is 2. The number of aryl methyl sites for hydroxylation is 1. The van der Waals surface area contributed by atoms with Crippen LogP contribution in [0.3, 0.4) is 0 Å². The van der Waals surface area contributed by atoms with Crippen molar-refractivity contribution in [3.05, 3.63) is 11.8 Å². The van der Waals surface area contributed by atoms with Gasteiger partial charge in [0.05, 0.1) is 0 Å². The van der Waals surface area contributed by atoms with Gasteiger partial charge < -0.3 is 15.3 Å². The van der Waals surface area contributed by atoms with Crippen LogP contribution < -0.4 is 10.2 Å². The van der Waals surface area contributed by atoms with E-state index in [1.165, 1.54) is 0 Å². The summed E-state index contributed by atoms with van der Waals surface area (Å²) in [6, 6.07) is -0.692. The van der Waals surface area contributed by atoms with Crippen molar-refractivity contribution in [1.82, 2.24) is 9.97 Å². The summed E-state index contributed by atoms with van der Waals surface area (Å²) in [7, 11) is 3.77. The molecule has 0 saturated heterocycles. The van der Waals surface area contributed by atoms with Gasteiger partial charge in [-0.1, -0.05) is 13.8 Å². The van der Waals surface area contributed by atoms with Gasteiger partial charge in [0.25, 0.3) is 0 Å². The zero-order chi connectivity index (χ0) is 13.9. The molecule has 1 atom stereocenters. The Hall–Kier alpha value is -1.85. The molecule has 1 rings (SSSR count). The fourth-order valence-corrected chi connectivity index (χ4v) is 1.61. The molecular formula is C12H20N4O2. The third-order valence-electron chi connectivity index (χ3n) is 2.59. The van der Waals surface area contributed by atoms with Crippen LogP contribution in [0.1, 0.15) is 19.4 Å². The molecule has 1 aromatic rings. The molecule has 0 unspecified atom stereocenters. The average molecular weight is 252 g/mol. The van der Waals surface area contributed by atoms with E-state index >= 15 is 0 Å². The maximum Gasteiger partial charge on any atom is 0.326 e. The van der Waals surface area contributed by atoms with Crippen LogP contribution in [0.25, 0.3) is 0 Å². The van der Waals surface area contributed by atoms with Crippen LogP contribution in [-0.4, -0.2) is 41.2 Å². The van der Waals surface area contributed by atoms with Crippen molar-refractivity contribution < 1.29 is 9.90 Å². The van der Waals surface area contributed by atoms with E-state index in [0.29, 0.717) is 5.95 Å². The quantitative estimate of drug-likeness (QED) is 0.824. The Morgan fingerprint density at radius 3 is 2.50 bits per heavy atom. The first-order chi connectivity index (χ1) is 8.32. The van der Waals surface area contributed by atoms with Crippen molar-refractivity contribution in [1.29, 1.82) is 0 Å². The molecule has 6 nitrogen and oxygen atoms in total. The third-order valence-corrected chi connectivity index (χ3v) is 2.59. The van der Waals surface area contributed by atoms with Gasteiger partial charge in [0.2, 0.25) is 5.95 Å². The van der Waals surface area contributed by atoms with E-state index in [4.69, 9.17) is 5.11 Å². The number of hydrogen-bond donors (Lipinski definition) is 2. The maximum atomic E-state index is 11.1. The number of nitrogens with one attached hydrogen (secondary N) is 1. The Balaban J connectivity index is 2.97.